The van der Waals surface area contributed by atoms with Crippen LogP contribution in [0.2, 0.25) is 0 Å². The van der Waals surface area contributed by atoms with Crippen LogP contribution in [-0.2, 0) is 6.18 Å². The summed E-state index contributed by atoms with van der Waals surface area (Å²) in [6.45, 7) is 5.47. The molecule has 0 bridgehead atoms. The van der Waals surface area contributed by atoms with Crippen molar-refractivity contribution in [2.45, 2.75) is 36.4 Å². The number of rotatable bonds is 6. The molecule has 0 fully saturated rings. The Hall–Kier alpha value is -3.18. The van der Waals surface area contributed by atoms with Gasteiger partial charge < -0.3 is 5.11 Å². The molecule has 2 aromatic carbocycles. The van der Waals surface area contributed by atoms with E-state index in [2.05, 4.69) is 10.1 Å². The van der Waals surface area contributed by atoms with Crippen molar-refractivity contribution < 1.29 is 27.5 Å². The summed E-state index contributed by atoms with van der Waals surface area (Å²) < 4.78 is 55.6. The SMILES string of the molecule is Cc1nn(-c2nc(-c3cccc(C(F)(F)F)c3)c(SC(C)C)s2)c(C(=O)O)c1-c1cccc(F)c1. The molecular formula is C24H19F4N3O2S2. The number of hydrogen-bond acceptors (Lipinski definition) is 5. The number of nitrogens with zero attached hydrogens (tertiary/aromatic N) is 3. The Bertz CT molecular complexity index is 1410. The van der Waals surface area contributed by atoms with Gasteiger partial charge >= 0.3 is 12.1 Å². The number of halogens is 4. The first-order valence-electron chi connectivity index (χ1n) is 10.4. The second kappa shape index (κ2) is 9.46. The molecular weight excluding hydrogens is 502 g/mol. The number of thiazole rings is 1. The van der Waals surface area contributed by atoms with Crippen molar-refractivity contribution in [3.8, 4) is 27.5 Å². The predicted octanol–water partition coefficient (Wildman–Crippen LogP) is 7.33. The molecule has 0 aliphatic heterocycles. The molecule has 0 saturated heterocycles. The molecule has 35 heavy (non-hydrogen) atoms. The average molecular weight is 522 g/mol. The number of carbonyl (C=O) groups is 1. The molecule has 0 unspecified atom stereocenters. The Morgan fingerprint density at radius 3 is 2.43 bits per heavy atom. The second-order valence-corrected chi connectivity index (χ2v) is 10.7. The fraction of sp³-hybridized carbons (Fsp3) is 0.208. The van der Waals surface area contributed by atoms with Crippen LogP contribution in [0.1, 0.15) is 35.6 Å². The van der Waals surface area contributed by atoms with Crippen molar-refractivity contribution in [3.63, 3.8) is 0 Å². The predicted molar refractivity (Wildman–Crippen MR) is 128 cm³/mol. The first-order chi connectivity index (χ1) is 16.5. The van der Waals surface area contributed by atoms with Gasteiger partial charge in [0.05, 0.1) is 21.2 Å². The van der Waals surface area contributed by atoms with Crippen LogP contribution in [0, 0.1) is 12.7 Å². The molecule has 0 spiro atoms. The van der Waals surface area contributed by atoms with Crippen LogP contribution in [0.4, 0.5) is 17.6 Å². The van der Waals surface area contributed by atoms with Crippen LogP contribution in [-0.4, -0.2) is 31.1 Å². The van der Waals surface area contributed by atoms with Gasteiger partial charge in [-0.25, -0.2) is 14.2 Å². The van der Waals surface area contributed by atoms with E-state index in [0.717, 1.165) is 28.2 Å². The summed E-state index contributed by atoms with van der Waals surface area (Å²) in [6, 6.07) is 10.4. The summed E-state index contributed by atoms with van der Waals surface area (Å²) in [7, 11) is 0. The van der Waals surface area contributed by atoms with E-state index in [-0.39, 0.29) is 27.2 Å². The van der Waals surface area contributed by atoms with E-state index in [1.807, 2.05) is 13.8 Å². The minimum absolute atomic E-state index is 0.0917. The van der Waals surface area contributed by atoms with E-state index < -0.39 is 23.5 Å². The summed E-state index contributed by atoms with van der Waals surface area (Å²) >= 11 is 2.54. The number of alkyl halides is 3. The fourth-order valence-corrected chi connectivity index (χ4v) is 6.04. The molecule has 0 saturated carbocycles. The molecule has 4 aromatic rings. The first kappa shape index (κ1) is 24.9. The highest BCUT2D eigenvalue weighted by atomic mass is 32.2. The van der Waals surface area contributed by atoms with E-state index in [1.165, 1.54) is 42.1 Å². The standard InChI is InChI=1S/C24H19F4N3O2S2/c1-12(2)34-22-19(15-7-4-8-16(10-15)24(26,27)28)29-23(35-22)31-20(21(32)33)18(13(3)30-31)14-6-5-9-17(25)11-14/h4-12H,1-3H3,(H,32,33). The van der Waals surface area contributed by atoms with Crippen LogP contribution in [0.5, 0.6) is 0 Å². The molecule has 1 N–H and O–H groups in total. The monoisotopic (exact) mass is 521 g/mol. The third kappa shape index (κ3) is 5.10. The van der Waals surface area contributed by atoms with Gasteiger partial charge in [0.1, 0.15) is 5.82 Å². The lowest BCUT2D eigenvalue weighted by molar-refractivity contribution is -0.137. The molecule has 0 atom stereocenters. The number of benzene rings is 2. The summed E-state index contributed by atoms with van der Waals surface area (Å²) in [5, 5.41) is 14.6. The van der Waals surface area contributed by atoms with Crippen molar-refractivity contribution >= 4 is 29.1 Å². The van der Waals surface area contributed by atoms with Crippen molar-refractivity contribution in [2.24, 2.45) is 0 Å². The van der Waals surface area contributed by atoms with Gasteiger partial charge in [0.2, 0.25) is 5.13 Å². The summed E-state index contributed by atoms with van der Waals surface area (Å²) in [6.07, 6.45) is -4.52. The van der Waals surface area contributed by atoms with Crippen molar-refractivity contribution in [3.05, 3.63) is 71.3 Å². The molecule has 11 heteroatoms. The Morgan fingerprint density at radius 2 is 1.80 bits per heavy atom. The second-order valence-electron chi connectivity index (χ2n) is 7.91. The van der Waals surface area contributed by atoms with Crippen molar-refractivity contribution in [1.29, 1.82) is 0 Å². The quantitative estimate of drug-likeness (QED) is 0.213. The van der Waals surface area contributed by atoms with E-state index >= 15 is 0 Å². The molecule has 2 aromatic heterocycles. The lowest BCUT2D eigenvalue weighted by atomic mass is 10.0. The van der Waals surface area contributed by atoms with E-state index in [4.69, 9.17) is 0 Å². The minimum Gasteiger partial charge on any atom is -0.476 e. The Balaban J connectivity index is 1.92. The highest BCUT2D eigenvalue weighted by Gasteiger charge is 2.31. The van der Waals surface area contributed by atoms with Crippen LogP contribution in [0.25, 0.3) is 27.5 Å². The van der Waals surface area contributed by atoms with Gasteiger partial charge in [0.25, 0.3) is 0 Å². The summed E-state index contributed by atoms with van der Waals surface area (Å²) in [4.78, 5) is 16.8. The van der Waals surface area contributed by atoms with Gasteiger partial charge in [-0.2, -0.15) is 23.0 Å². The highest BCUT2D eigenvalue weighted by molar-refractivity contribution is 8.01. The lowest BCUT2D eigenvalue weighted by Gasteiger charge is -2.09. The maximum absolute atomic E-state index is 13.9. The van der Waals surface area contributed by atoms with Gasteiger partial charge in [0.15, 0.2) is 5.69 Å². The van der Waals surface area contributed by atoms with E-state index in [1.54, 1.807) is 13.0 Å². The normalized spacial score (nSPS) is 11.9. The Morgan fingerprint density at radius 1 is 1.11 bits per heavy atom. The largest absolute Gasteiger partial charge is 0.476 e. The summed E-state index contributed by atoms with van der Waals surface area (Å²) in [5.41, 5.74) is 0.492. The molecule has 0 amide bonds. The Kier molecular flexibility index (Phi) is 6.74. The maximum Gasteiger partial charge on any atom is 0.416 e. The fourth-order valence-electron chi connectivity index (χ4n) is 3.56. The number of aryl methyl sites for hydroxylation is 1. The average Bonchev–Trinajstić information content (AvgIpc) is 3.33. The molecule has 0 radical (unpaired) electrons. The number of thioether (sulfide) groups is 1. The topological polar surface area (TPSA) is 68.0 Å². The molecule has 2 heterocycles. The number of hydrogen-bond donors (Lipinski definition) is 1. The third-order valence-electron chi connectivity index (χ3n) is 4.95. The maximum atomic E-state index is 13.9. The van der Waals surface area contributed by atoms with Crippen LogP contribution in [0.3, 0.4) is 0 Å². The number of aromatic nitrogens is 3. The zero-order valence-electron chi connectivity index (χ0n) is 18.7. The zero-order valence-corrected chi connectivity index (χ0v) is 20.4. The number of carboxylic acids is 1. The molecule has 0 aliphatic carbocycles. The lowest BCUT2D eigenvalue weighted by Crippen LogP contribution is -2.09. The van der Waals surface area contributed by atoms with Gasteiger partial charge in [-0.15, -0.1) is 11.8 Å². The van der Waals surface area contributed by atoms with E-state index in [9.17, 15) is 27.5 Å². The molecule has 5 nitrogen and oxygen atoms in total. The van der Waals surface area contributed by atoms with Crippen molar-refractivity contribution in [2.75, 3.05) is 0 Å². The highest BCUT2D eigenvalue weighted by Crippen LogP contribution is 2.42. The van der Waals surface area contributed by atoms with E-state index in [0.29, 0.717) is 21.2 Å². The van der Waals surface area contributed by atoms with Crippen molar-refractivity contribution in [1.82, 2.24) is 14.8 Å². The van der Waals surface area contributed by atoms with Gasteiger partial charge in [-0.1, -0.05) is 49.4 Å². The summed E-state index contributed by atoms with van der Waals surface area (Å²) in [5.74, 6) is -1.82. The van der Waals surface area contributed by atoms with Crippen LogP contribution >= 0.6 is 23.1 Å². The molecule has 4 rings (SSSR count). The number of aromatic carboxylic acids is 1. The minimum atomic E-state index is -4.52. The smallest absolute Gasteiger partial charge is 0.416 e. The van der Waals surface area contributed by atoms with Gasteiger partial charge in [0, 0.05) is 16.4 Å². The van der Waals surface area contributed by atoms with Gasteiger partial charge in [-0.3, -0.25) is 0 Å². The third-order valence-corrected chi connectivity index (χ3v) is 7.19. The zero-order chi connectivity index (χ0) is 25.5. The van der Waals surface area contributed by atoms with Crippen LogP contribution < -0.4 is 0 Å². The molecule has 182 valence electrons. The van der Waals surface area contributed by atoms with Crippen LogP contribution in [0.15, 0.2) is 52.7 Å². The number of carboxylic acid groups (broad SMARTS) is 1. The molecule has 0 aliphatic rings. The Labute approximate surface area is 206 Å². The van der Waals surface area contributed by atoms with Gasteiger partial charge in [-0.05, 0) is 36.8 Å². The first-order valence-corrected chi connectivity index (χ1v) is 12.1.